The van der Waals surface area contributed by atoms with Crippen molar-refractivity contribution in [1.29, 1.82) is 0 Å². The normalized spacial score (nSPS) is 13.7. The molecule has 0 saturated heterocycles. The maximum Gasteiger partial charge on any atom is 0.331 e. The van der Waals surface area contributed by atoms with Gasteiger partial charge in [0, 0.05) is 12.1 Å². The number of carboxylic acid groups (broad SMARTS) is 1. The van der Waals surface area contributed by atoms with Crippen LogP contribution >= 0.6 is 0 Å². The second-order valence-corrected chi connectivity index (χ2v) is 6.21. The zero-order valence-electron chi connectivity index (χ0n) is 14.8. The van der Waals surface area contributed by atoms with E-state index in [1.807, 2.05) is 0 Å². The zero-order chi connectivity index (χ0) is 19.4. The van der Waals surface area contributed by atoms with Crippen LogP contribution < -0.4 is 4.74 Å². The lowest BCUT2D eigenvalue weighted by molar-refractivity contribution is -0.132. The lowest BCUT2D eigenvalue weighted by Gasteiger charge is -2.14. The highest BCUT2D eigenvalue weighted by molar-refractivity contribution is 6.21. The maximum absolute atomic E-state index is 12.3. The van der Waals surface area contributed by atoms with Crippen molar-refractivity contribution < 1.29 is 24.2 Å². The molecule has 2 aromatic carbocycles. The first-order chi connectivity index (χ1) is 13.0. The van der Waals surface area contributed by atoms with Crippen LogP contribution in [0.3, 0.4) is 0 Å². The van der Waals surface area contributed by atoms with Crippen LogP contribution in [0.5, 0.6) is 5.75 Å². The molecule has 138 valence electrons. The minimum Gasteiger partial charge on any atom is -0.494 e. The Morgan fingerprint density at radius 1 is 1.04 bits per heavy atom. The topological polar surface area (TPSA) is 83.9 Å². The first-order valence-electron chi connectivity index (χ1n) is 8.57. The number of imide groups is 1. The average Bonchev–Trinajstić information content (AvgIpc) is 2.91. The third kappa shape index (κ3) is 4.06. The molecule has 2 amide bonds. The van der Waals surface area contributed by atoms with E-state index in [1.165, 1.54) is 11.8 Å². The molecule has 0 aromatic heterocycles. The summed E-state index contributed by atoms with van der Waals surface area (Å²) in [7, 11) is 0. The molecule has 0 unspecified atom stereocenters. The van der Waals surface area contributed by atoms with E-state index in [-0.39, 0.29) is 17.4 Å². The lowest BCUT2D eigenvalue weighted by Crippen LogP contribution is -2.31. The van der Waals surface area contributed by atoms with Gasteiger partial charge in [-0.25, -0.2) is 4.79 Å². The zero-order valence-corrected chi connectivity index (χ0v) is 14.8. The largest absolute Gasteiger partial charge is 0.494 e. The van der Waals surface area contributed by atoms with Crippen LogP contribution in [-0.4, -0.2) is 40.9 Å². The standard InChI is InChI=1S/C21H19NO5/c1-14(21(25)26)13-15-7-9-16(10-8-15)27-12-4-11-22-19(23)17-5-2-3-6-18(17)20(22)24/h2-3,5-10,13H,4,11-12H2,1H3,(H,25,26)/b14-13+. The Labute approximate surface area is 156 Å². The number of amides is 2. The summed E-state index contributed by atoms with van der Waals surface area (Å²) < 4.78 is 5.63. The average molecular weight is 365 g/mol. The number of rotatable bonds is 7. The molecular formula is C21H19NO5. The molecule has 1 aliphatic rings. The smallest absolute Gasteiger partial charge is 0.331 e. The summed E-state index contributed by atoms with van der Waals surface area (Å²) in [4.78, 5) is 36.6. The van der Waals surface area contributed by atoms with Crippen molar-refractivity contribution in [3.63, 3.8) is 0 Å². The lowest BCUT2D eigenvalue weighted by atomic mass is 10.1. The van der Waals surface area contributed by atoms with Gasteiger partial charge in [0.15, 0.2) is 0 Å². The van der Waals surface area contributed by atoms with Gasteiger partial charge in [-0.3, -0.25) is 14.5 Å². The van der Waals surface area contributed by atoms with E-state index in [0.29, 0.717) is 36.4 Å². The van der Waals surface area contributed by atoms with Crippen LogP contribution in [0, 0.1) is 0 Å². The van der Waals surface area contributed by atoms with E-state index in [0.717, 1.165) is 5.56 Å². The Morgan fingerprint density at radius 3 is 2.19 bits per heavy atom. The van der Waals surface area contributed by atoms with E-state index < -0.39 is 5.97 Å². The summed E-state index contributed by atoms with van der Waals surface area (Å²) in [6.07, 6.45) is 2.10. The molecule has 0 saturated carbocycles. The van der Waals surface area contributed by atoms with Gasteiger partial charge in [-0.2, -0.15) is 0 Å². The van der Waals surface area contributed by atoms with Gasteiger partial charge in [0.05, 0.1) is 17.7 Å². The number of carbonyl (C=O) groups is 3. The molecule has 0 bridgehead atoms. The molecule has 6 heteroatoms. The van der Waals surface area contributed by atoms with E-state index in [2.05, 4.69) is 0 Å². The summed E-state index contributed by atoms with van der Waals surface area (Å²) in [6.45, 7) is 2.19. The van der Waals surface area contributed by atoms with Crippen molar-refractivity contribution >= 4 is 23.9 Å². The summed E-state index contributed by atoms with van der Waals surface area (Å²) in [5.41, 5.74) is 1.92. The number of aliphatic carboxylic acids is 1. The van der Waals surface area contributed by atoms with Crippen molar-refractivity contribution in [2.75, 3.05) is 13.2 Å². The van der Waals surface area contributed by atoms with E-state index in [9.17, 15) is 14.4 Å². The molecule has 1 N–H and O–H groups in total. The molecule has 0 spiro atoms. The summed E-state index contributed by atoms with van der Waals surface area (Å²) in [5, 5.41) is 8.88. The Hall–Kier alpha value is -3.41. The van der Waals surface area contributed by atoms with Gasteiger partial charge in [0.25, 0.3) is 11.8 Å². The number of fused-ring (bicyclic) bond motifs is 1. The molecule has 27 heavy (non-hydrogen) atoms. The number of hydrogen-bond acceptors (Lipinski definition) is 4. The van der Waals surface area contributed by atoms with Crippen molar-refractivity contribution in [2.45, 2.75) is 13.3 Å². The predicted octanol–water partition coefficient (Wildman–Crippen LogP) is 3.24. The SMILES string of the molecule is C/C(=C\c1ccc(OCCCN2C(=O)c3ccccc3C2=O)cc1)C(=O)O. The summed E-state index contributed by atoms with van der Waals surface area (Å²) in [6, 6.07) is 13.9. The van der Waals surface area contributed by atoms with Crippen LogP contribution in [0.15, 0.2) is 54.1 Å². The molecule has 0 atom stereocenters. The Morgan fingerprint density at radius 2 is 1.63 bits per heavy atom. The number of nitrogens with zero attached hydrogens (tertiary/aromatic N) is 1. The molecule has 0 aliphatic carbocycles. The van der Waals surface area contributed by atoms with Gasteiger partial charge in [-0.05, 0) is 49.2 Å². The second kappa shape index (κ2) is 7.86. The van der Waals surface area contributed by atoms with Gasteiger partial charge < -0.3 is 9.84 Å². The van der Waals surface area contributed by atoms with Gasteiger partial charge >= 0.3 is 5.97 Å². The fourth-order valence-electron chi connectivity index (χ4n) is 2.83. The molecule has 3 rings (SSSR count). The first-order valence-corrected chi connectivity index (χ1v) is 8.57. The Kier molecular flexibility index (Phi) is 5.35. The van der Waals surface area contributed by atoms with Gasteiger partial charge in [0.2, 0.25) is 0 Å². The highest BCUT2D eigenvalue weighted by Crippen LogP contribution is 2.22. The van der Waals surface area contributed by atoms with Crippen LogP contribution in [-0.2, 0) is 4.79 Å². The van der Waals surface area contributed by atoms with Crippen LogP contribution in [0.4, 0.5) is 0 Å². The van der Waals surface area contributed by atoms with Gasteiger partial charge in [-0.15, -0.1) is 0 Å². The second-order valence-electron chi connectivity index (χ2n) is 6.21. The van der Waals surface area contributed by atoms with Crippen LogP contribution in [0.2, 0.25) is 0 Å². The number of benzene rings is 2. The Balaban J connectivity index is 1.50. The van der Waals surface area contributed by atoms with E-state index in [1.54, 1.807) is 54.6 Å². The summed E-state index contributed by atoms with van der Waals surface area (Å²) >= 11 is 0. The van der Waals surface area contributed by atoms with Crippen molar-refractivity contribution in [3.8, 4) is 5.75 Å². The Bertz CT molecular complexity index is 879. The molecule has 2 aromatic rings. The molecule has 1 heterocycles. The fraction of sp³-hybridized carbons (Fsp3) is 0.190. The molecule has 1 aliphatic heterocycles. The number of carboxylic acids is 1. The fourth-order valence-corrected chi connectivity index (χ4v) is 2.83. The van der Waals surface area contributed by atoms with E-state index in [4.69, 9.17) is 9.84 Å². The highest BCUT2D eigenvalue weighted by Gasteiger charge is 2.34. The maximum atomic E-state index is 12.3. The van der Waals surface area contributed by atoms with Crippen molar-refractivity contribution in [1.82, 2.24) is 4.90 Å². The minimum atomic E-state index is -0.955. The third-order valence-electron chi connectivity index (χ3n) is 4.27. The minimum absolute atomic E-state index is 0.254. The van der Waals surface area contributed by atoms with Gasteiger partial charge in [-0.1, -0.05) is 24.3 Å². The van der Waals surface area contributed by atoms with Gasteiger partial charge in [0.1, 0.15) is 5.75 Å². The number of carbonyl (C=O) groups excluding carboxylic acids is 2. The van der Waals surface area contributed by atoms with E-state index >= 15 is 0 Å². The predicted molar refractivity (Wildman–Crippen MR) is 99.6 cm³/mol. The number of hydrogen-bond donors (Lipinski definition) is 1. The number of ether oxygens (including phenoxy) is 1. The molecule has 0 radical (unpaired) electrons. The van der Waals surface area contributed by atoms with Crippen molar-refractivity contribution in [2.24, 2.45) is 0 Å². The molecule has 6 nitrogen and oxygen atoms in total. The molecule has 0 fully saturated rings. The van der Waals surface area contributed by atoms with Crippen LogP contribution in [0.1, 0.15) is 39.6 Å². The third-order valence-corrected chi connectivity index (χ3v) is 4.27. The summed E-state index contributed by atoms with van der Waals surface area (Å²) in [5.74, 6) is -0.841. The molecular weight excluding hydrogens is 346 g/mol. The monoisotopic (exact) mass is 365 g/mol. The highest BCUT2D eigenvalue weighted by atomic mass is 16.5. The van der Waals surface area contributed by atoms with Crippen LogP contribution in [0.25, 0.3) is 6.08 Å². The quantitative estimate of drug-likeness (QED) is 0.463. The van der Waals surface area contributed by atoms with Crippen molar-refractivity contribution in [3.05, 3.63) is 70.8 Å². The first kappa shape index (κ1) is 18.4.